The predicted molar refractivity (Wildman–Crippen MR) is 70.4 cm³/mol. The second-order valence-corrected chi connectivity index (χ2v) is 4.81. The lowest BCUT2D eigenvalue weighted by molar-refractivity contribution is 0.321. The molecule has 0 aliphatic carbocycles. The van der Waals surface area contributed by atoms with Crippen LogP contribution in [0.2, 0.25) is 0 Å². The maximum Gasteiger partial charge on any atom is 0.119 e. The van der Waals surface area contributed by atoms with Crippen molar-refractivity contribution in [2.24, 2.45) is 5.73 Å². The van der Waals surface area contributed by atoms with Gasteiger partial charge in [-0.2, -0.15) is 0 Å². The SMILES string of the molecule is CC(N)c1csc(CCOc2ccccc2)n1. The predicted octanol–water partition coefficient (Wildman–Crippen LogP) is 2.78. The van der Waals surface area contributed by atoms with E-state index in [1.807, 2.05) is 42.6 Å². The smallest absolute Gasteiger partial charge is 0.119 e. The number of nitrogens with two attached hydrogens (primary N) is 1. The molecule has 2 aromatic rings. The number of thiazole rings is 1. The molecule has 1 aromatic heterocycles. The molecule has 1 unspecified atom stereocenters. The van der Waals surface area contributed by atoms with Gasteiger partial charge in [0.2, 0.25) is 0 Å². The van der Waals surface area contributed by atoms with E-state index in [2.05, 4.69) is 4.98 Å². The normalized spacial score (nSPS) is 12.4. The molecule has 0 amide bonds. The van der Waals surface area contributed by atoms with Crippen LogP contribution in [0.15, 0.2) is 35.7 Å². The Morgan fingerprint density at radius 2 is 2.12 bits per heavy atom. The highest BCUT2D eigenvalue weighted by atomic mass is 32.1. The number of rotatable bonds is 5. The van der Waals surface area contributed by atoms with Crippen LogP contribution < -0.4 is 10.5 Å². The molecular weight excluding hydrogens is 232 g/mol. The molecule has 2 rings (SSSR count). The first-order chi connectivity index (χ1) is 8.25. The first-order valence-corrected chi connectivity index (χ1v) is 6.51. The second kappa shape index (κ2) is 5.80. The van der Waals surface area contributed by atoms with Crippen LogP contribution in [0.25, 0.3) is 0 Å². The van der Waals surface area contributed by atoms with Crippen molar-refractivity contribution < 1.29 is 4.74 Å². The fourth-order valence-corrected chi connectivity index (χ4v) is 2.31. The Kier molecular flexibility index (Phi) is 4.12. The molecular formula is C13H16N2OS. The van der Waals surface area contributed by atoms with E-state index in [9.17, 15) is 0 Å². The average molecular weight is 248 g/mol. The van der Waals surface area contributed by atoms with Gasteiger partial charge in [-0.15, -0.1) is 11.3 Å². The van der Waals surface area contributed by atoms with Crippen molar-refractivity contribution in [3.63, 3.8) is 0 Å². The molecule has 0 bridgehead atoms. The van der Waals surface area contributed by atoms with Gasteiger partial charge in [0.15, 0.2) is 0 Å². The second-order valence-electron chi connectivity index (χ2n) is 3.87. The quantitative estimate of drug-likeness (QED) is 0.885. The molecule has 0 aliphatic rings. The largest absolute Gasteiger partial charge is 0.493 e. The molecule has 0 aliphatic heterocycles. The van der Waals surface area contributed by atoms with Crippen LogP contribution in [-0.2, 0) is 6.42 Å². The van der Waals surface area contributed by atoms with Crippen molar-refractivity contribution in [2.75, 3.05) is 6.61 Å². The Bertz CT molecular complexity index is 453. The fourth-order valence-electron chi connectivity index (χ4n) is 1.42. The molecule has 0 radical (unpaired) electrons. The zero-order valence-electron chi connectivity index (χ0n) is 9.80. The van der Waals surface area contributed by atoms with Gasteiger partial charge in [-0.25, -0.2) is 4.98 Å². The molecule has 17 heavy (non-hydrogen) atoms. The monoisotopic (exact) mass is 248 g/mol. The van der Waals surface area contributed by atoms with Gasteiger partial charge in [0.1, 0.15) is 5.75 Å². The fraction of sp³-hybridized carbons (Fsp3) is 0.308. The van der Waals surface area contributed by atoms with Gasteiger partial charge in [-0.05, 0) is 19.1 Å². The van der Waals surface area contributed by atoms with E-state index >= 15 is 0 Å². The summed E-state index contributed by atoms with van der Waals surface area (Å²) in [5, 5.41) is 3.09. The van der Waals surface area contributed by atoms with Gasteiger partial charge >= 0.3 is 0 Å². The maximum absolute atomic E-state index is 5.76. The third-order valence-electron chi connectivity index (χ3n) is 2.36. The lowest BCUT2D eigenvalue weighted by Gasteiger charge is -2.03. The summed E-state index contributed by atoms with van der Waals surface area (Å²) in [4.78, 5) is 4.45. The van der Waals surface area contributed by atoms with Gasteiger partial charge in [0.25, 0.3) is 0 Å². The Morgan fingerprint density at radius 1 is 1.35 bits per heavy atom. The van der Waals surface area contributed by atoms with Crippen LogP contribution in [-0.4, -0.2) is 11.6 Å². The number of benzene rings is 1. The topological polar surface area (TPSA) is 48.1 Å². The van der Waals surface area contributed by atoms with Crippen molar-refractivity contribution in [3.05, 3.63) is 46.4 Å². The Balaban J connectivity index is 1.82. The van der Waals surface area contributed by atoms with Crippen LogP contribution in [0, 0.1) is 0 Å². The van der Waals surface area contributed by atoms with E-state index in [0.717, 1.165) is 22.9 Å². The van der Waals surface area contributed by atoms with Gasteiger partial charge in [0, 0.05) is 17.8 Å². The molecule has 1 heterocycles. The number of ether oxygens (including phenoxy) is 1. The lowest BCUT2D eigenvalue weighted by Crippen LogP contribution is -2.06. The van der Waals surface area contributed by atoms with Gasteiger partial charge in [-0.3, -0.25) is 0 Å². The summed E-state index contributed by atoms with van der Waals surface area (Å²) in [5.74, 6) is 0.900. The zero-order valence-corrected chi connectivity index (χ0v) is 10.6. The first-order valence-electron chi connectivity index (χ1n) is 5.63. The Morgan fingerprint density at radius 3 is 2.76 bits per heavy atom. The van der Waals surface area contributed by atoms with Crippen molar-refractivity contribution in [3.8, 4) is 5.75 Å². The van der Waals surface area contributed by atoms with Crippen molar-refractivity contribution in [1.82, 2.24) is 4.98 Å². The van der Waals surface area contributed by atoms with Crippen molar-refractivity contribution in [2.45, 2.75) is 19.4 Å². The molecule has 0 spiro atoms. The standard InChI is InChI=1S/C13H16N2OS/c1-10(14)12-9-17-13(15-12)7-8-16-11-5-3-2-4-6-11/h2-6,9-10H,7-8,14H2,1H3. The number of aromatic nitrogens is 1. The molecule has 2 N–H and O–H groups in total. The summed E-state index contributed by atoms with van der Waals surface area (Å²) >= 11 is 1.64. The van der Waals surface area contributed by atoms with Crippen LogP contribution in [0.4, 0.5) is 0 Å². The summed E-state index contributed by atoms with van der Waals surface area (Å²) < 4.78 is 5.62. The van der Waals surface area contributed by atoms with Gasteiger partial charge < -0.3 is 10.5 Å². The molecule has 1 atom stereocenters. The number of hydrogen-bond acceptors (Lipinski definition) is 4. The average Bonchev–Trinajstić information content (AvgIpc) is 2.79. The molecule has 0 saturated heterocycles. The van der Waals surface area contributed by atoms with Crippen LogP contribution in [0.1, 0.15) is 23.7 Å². The summed E-state index contributed by atoms with van der Waals surface area (Å²) in [7, 11) is 0. The molecule has 3 nitrogen and oxygen atoms in total. The van der Waals surface area contributed by atoms with E-state index in [-0.39, 0.29) is 6.04 Å². The van der Waals surface area contributed by atoms with Crippen LogP contribution >= 0.6 is 11.3 Å². The minimum Gasteiger partial charge on any atom is -0.493 e. The molecule has 90 valence electrons. The first kappa shape index (κ1) is 12.1. The lowest BCUT2D eigenvalue weighted by atomic mass is 10.3. The van der Waals surface area contributed by atoms with E-state index in [4.69, 9.17) is 10.5 Å². The zero-order chi connectivity index (χ0) is 12.1. The molecule has 4 heteroatoms. The summed E-state index contributed by atoms with van der Waals surface area (Å²) in [6.45, 7) is 2.59. The number of nitrogens with zero attached hydrogens (tertiary/aromatic N) is 1. The van der Waals surface area contributed by atoms with E-state index < -0.39 is 0 Å². The summed E-state index contributed by atoms with van der Waals surface area (Å²) in [5.41, 5.74) is 6.72. The third-order valence-corrected chi connectivity index (χ3v) is 3.29. The Labute approximate surface area is 105 Å². The van der Waals surface area contributed by atoms with Crippen LogP contribution in [0.3, 0.4) is 0 Å². The highest BCUT2D eigenvalue weighted by molar-refractivity contribution is 7.09. The minimum atomic E-state index is 0.00930. The molecule has 1 aromatic carbocycles. The van der Waals surface area contributed by atoms with Crippen molar-refractivity contribution in [1.29, 1.82) is 0 Å². The minimum absolute atomic E-state index is 0.00930. The number of para-hydroxylation sites is 1. The molecule has 0 saturated carbocycles. The van der Waals surface area contributed by atoms with Gasteiger partial charge in [0.05, 0.1) is 17.3 Å². The number of hydrogen-bond donors (Lipinski definition) is 1. The van der Waals surface area contributed by atoms with E-state index in [0.29, 0.717) is 6.61 Å². The highest BCUT2D eigenvalue weighted by Crippen LogP contribution is 2.16. The van der Waals surface area contributed by atoms with Crippen LogP contribution in [0.5, 0.6) is 5.75 Å². The highest BCUT2D eigenvalue weighted by Gasteiger charge is 2.05. The molecule has 0 fully saturated rings. The Hall–Kier alpha value is -1.39. The van der Waals surface area contributed by atoms with E-state index in [1.54, 1.807) is 11.3 Å². The maximum atomic E-state index is 5.76. The van der Waals surface area contributed by atoms with Crippen molar-refractivity contribution >= 4 is 11.3 Å². The summed E-state index contributed by atoms with van der Waals surface area (Å²) in [6, 6.07) is 9.82. The van der Waals surface area contributed by atoms with E-state index in [1.165, 1.54) is 0 Å². The van der Waals surface area contributed by atoms with Gasteiger partial charge in [-0.1, -0.05) is 18.2 Å². The third kappa shape index (κ3) is 3.54. The summed E-state index contributed by atoms with van der Waals surface area (Å²) in [6.07, 6.45) is 0.826.